The number of anilines is 2. The Kier molecular flexibility index (Phi) is 3.95. The van der Waals surface area contributed by atoms with Crippen molar-refractivity contribution >= 4 is 23.0 Å². The van der Waals surface area contributed by atoms with E-state index in [-0.39, 0.29) is 11.9 Å². The summed E-state index contributed by atoms with van der Waals surface area (Å²) in [6.07, 6.45) is -0.0144. The van der Waals surface area contributed by atoms with Crippen LogP contribution in [0.4, 0.5) is 11.4 Å². The van der Waals surface area contributed by atoms with Crippen molar-refractivity contribution in [1.82, 2.24) is 0 Å². The van der Waals surface area contributed by atoms with Crippen molar-refractivity contribution in [2.24, 2.45) is 0 Å². The molecule has 0 saturated carbocycles. The lowest BCUT2D eigenvalue weighted by Crippen LogP contribution is -2.24. The molecule has 2 rings (SSSR count). The number of halogens is 1. The minimum absolute atomic E-state index is 0.0144. The molecule has 0 radical (unpaired) electrons. The number of aromatic hydroxyl groups is 1. The van der Waals surface area contributed by atoms with Gasteiger partial charge in [-0.05, 0) is 43.3 Å². The molecule has 18 heavy (non-hydrogen) atoms. The fourth-order valence-corrected chi connectivity index (χ4v) is 1.79. The lowest BCUT2D eigenvalue weighted by molar-refractivity contribution is 0.477. The largest absolute Gasteiger partial charge is 0.506 e. The van der Waals surface area contributed by atoms with Crippen LogP contribution >= 0.6 is 11.6 Å². The number of para-hydroxylation sites is 2. The number of phenolic OH excluding ortho intramolecular Hbond substituents is 1. The van der Waals surface area contributed by atoms with Gasteiger partial charge in [0.25, 0.3) is 0 Å². The van der Waals surface area contributed by atoms with Crippen LogP contribution in [0.2, 0.25) is 5.02 Å². The van der Waals surface area contributed by atoms with Crippen LogP contribution in [-0.2, 0) is 0 Å². The smallest absolute Gasteiger partial charge is 0.138 e. The van der Waals surface area contributed by atoms with E-state index < -0.39 is 0 Å². The summed E-state index contributed by atoms with van der Waals surface area (Å²) in [6, 6.07) is 14.6. The first kappa shape index (κ1) is 12.6. The first-order valence-electron chi connectivity index (χ1n) is 5.72. The molecule has 94 valence electrons. The maximum Gasteiger partial charge on any atom is 0.138 e. The first-order valence-corrected chi connectivity index (χ1v) is 6.09. The minimum atomic E-state index is -0.0144. The average molecular weight is 263 g/mol. The normalized spacial score (nSPS) is 11.9. The van der Waals surface area contributed by atoms with Gasteiger partial charge in [0.2, 0.25) is 0 Å². The van der Waals surface area contributed by atoms with E-state index in [1.165, 1.54) is 0 Å². The second-order valence-electron chi connectivity index (χ2n) is 4.03. The summed E-state index contributed by atoms with van der Waals surface area (Å²) in [5, 5.41) is 16.8. The van der Waals surface area contributed by atoms with Gasteiger partial charge >= 0.3 is 0 Å². The van der Waals surface area contributed by atoms with Gasteiger partial charge in [0, 0.05) is 10.7 Å². The molecular weight excluding hydrogens is 248 g/mol. The van der Waals surface area contributed by atoms with Gasteiger partial charge < -0.3 is 15.7 Å². The Morgan fingerprint density at radius 1 is 1.00 bits per heavy atom. The Hall–Kier alpha value is -1.87. The molecule has 1 unspecified atom stereocenters. The highest BCUT2D eigenvalue weighted by molar-refractivity contribution is 6.30. The van der Waals surface area contributed by atoms with Crippen LogP contribution in [0.15, 0.2) is 48.5 Å². The number of nitrogens with one attached hydrogen (secondary N) is 2. The van der Waals surface area contributed by atoms with E-state index in [0.717, 1.165) is 5.69 Å². The molecule has 4 heteroatoms. The molecule has 0 bridgehead atoms. The highest BCUT2D eigenvalue weighted by atomic mass is 35.5. The van der Waals surface area contributed by atoms with Crippen molar-refractivity contribution in [2.75, 3.05) is 10.6 Å². The van der Waals surface area contributed by atoms with E-state index in [9.17, 15) is 5.11 Å². The summed E-state index contributed by atoms with van der Waals surface area (Å²) in [4.78, 5) is 0. The third kappa shape index (κ3) is 3.31. The van der Waals surface area contributed by atoms with Crippen molar-refractivity contribution in [3.05, 3.63) is 53.6 Å². The molecule has 0 heterocycles. The lowest BCUT2D eigenvalue weighted by Gasteiger charge is -2.18. The van der Waals surface area contributed by atoms with Crippen LogP contribution in [0.3, 0.4) is 0 Å². The van der Waals surface area contributed by atoms with Crippen molar-refractivity contribution < 1.29 is 5.11 Å². The zero-order valence-corrected chi connectivity index (χ0v) is 10.8. The number of hydrogen-bond donors (Lipinski definition) is 3. The predicted molar refractivity (Wildman–Crippen MR) is 76.3 cm³/mol. The standard InChI is InChI=1S/C14H15ClN2O/c1-10(16-12-8-6-11(15)7-9-12)17-13-4-2-3-5-14(13)18/h2-10,16-18H,1H3. The van der Waals surface area contributed by atoms with Crippen LogP contribution in [0.25, 0.3) is 0 Å². The Morgan fingerprint density at radius 3 is 2.33 bits per heavy atom. The van der Waals surface area contributed by atoms with Gasteiger partial charge in [0.1, 0.15) is 5.75 Å². The summed E-state index contributed by atoms with van der Waals surface area (Å²) in [5.41, 5.74) is 1.67. The monoisotopic (exact) mass is 262 g/mol. The number of phenols is 1. The molecule has 0 saturated heterocycles. The maximum atomic E-state index is 9.65. The molecule has 0 aliphatic carbocycles. The quantitative estimate of drug-likeness (QED) is 0.578. The predicted octanol–water partition coefficient (Wildman–Crippen LogP) is 3.92. The van der Waals surface area contributed by atoms with Gasteiger partial charge in [0.15, 0.2) is 0 Å². The van der Waals surface area contributed by atoms with Crippen molar-refractivity contribution in [1.29, 1.82) is 0 Å². The molecule has 3 N–H and O–H groups in total. The van der Waals surface area contributed by atoms with Gasteiger partial charge in [0.05, 0.1) is 11.9 Å². The molecule has 0 spiro atoms. The third-order valence-corrected chi connectivity index (χ3v) is 2.76. The van der Waals surface area contributed by atoms with E-state index in [4.69, 9.17) is 11.6 Å². The van der Waals surface area contributed by atoms with E-state index >= 15 is 0 Å². The summed E-state index contributed by atoms with van der Waals surface area (Å²) >= 11 is 5.82. The van der Waals surface area contributed by atoms with Crippen molar-refractivity contribution in [3.8, 4) is 5.75 Å². The van der Waals surface area contributed by atoms with E-state index in [1.54, 1.807) is 12.1 Å². The molecule has 0 amide bonds. The van der Waals surface area contributed by atoms with Gasteiger partial charge in [-0.1, -0.05) is 23.7 Å². The van der Waals surface area contributed by atoms with E-state index in [2.05, 4.69) is 10.6 Å². The van der Waals surface area contributed by atoms with E-state index in [0.29, 0.717) is 10.7 Å². The minimum Gasteiger partial charge on any atom is -0.506 e. The van der Waals surface area contributed by atoms with Gasteiger partial charge in [-0.15, -0.1) is 0 Å². The maximum absolute atomic E-state index is 9.65. The lowest BCUT2D eigenvalue weighted by atomic mass is 10.2. The fraction of sp³-hybridized carbons (Fsp3) is 0.143. The molecule has 2 aromatic rings. The third-order valence-electron chi connectivity index (χ3n) is 2.50. The molecule has 0 aliphatic heterocycles. The molecule has 0 fully saturated rings. The number of hydrogen-bond acceptors (Lipinski definition) is 3. The SMILES string of the molecule is CC(Nc1ccc(Cl)cc1)Nc1ccccc1O. The topological polar surface area (TPSA) is 44.3 Å². The van der Waals surface area contributed by atoms with Crippen LogP contribution in [-0.4, -0.2) is 11.3 Å². The summed E-state index contributed by atoms with van der Waals surface area (Å²) in [6.45, 7) is 1.97. The summed E-state index contributed by atoms with van der Waals surface area (Å²) < 4.78 is 0. The highest BCUT2D eigenvalue weighted by Crippen LogP contribution is 2.22. The zero-order chi connectivity index (χ0) is 13.0. The average Bonchev–Trinajstić information content (AvgIpc) is 2.35. The van der Waals surface area contributed by atoms with Gasteiger partial charge in [-0.3, -0.25) is 0 Å². The molecule has 2 aromatic carbocycles. The van der Waals surface area contributed by atoms with Crippen LogP contribution < -0.4 is 10.6 Å². The molecule has 0 aromatic heterocycles. The van der Waals surface area contributed by atoms with Crippen LogP contribution in [0, 0.1) is 0 Å². The van der Waals surface area contributed by atoms with Crippen molar-refractivity contribution in [3.63, 3.8) is 0 Å². The first-order chi connectivity index (χ1) is 8.65. The fourth-order valence-electron chi connectivity index (χ4n) is 1.66. The molecule has 0 aliphatic rings. The molecular formula is C14H15ClN2O. The number of benzene rings is 2. The Labute approximate surface area is 111 Å². The molecule has 3 nitrogen and oxygen atoms in total. The second kappa shape index (κ2) is 5.65. The van der Waals surface area contributed by atoms with Crippen LogP contribution in [0.5, 0.6) is 5.75 Å². The summed E-state index contributed by atoms with van der Waals surface area (Å²) in [5.74, 6) is 0.238. The Morgan fingerprint density at radius 2 is 1.67 bits per heavy atom. The van der Waals surface area contributed by atoms with Gasteiger partial charge in [-0.25, -0.2) is 0 Å². The van der Waals surface area contributed by atoms with E-state index in [1.807, 2.05) is 43.3 Å². The Bertz CT molecular complexity index is 513. The van der Waals surface area contributed by atoms with Gasteiger partial charge in [-0.2, -0.15) is 0 Å². The molecule has 1 atom stereocenters. The number of rotatable bonds is 4. The summed E-state index contributed by atoms with van der Waals surface area (Å²) in [7, 11) is 0. The zero-order valence-electron chi connectivity index (χ0n) is 10.0. The second-order valence-corrected chi connectivity index (χ2v) is 4.47. The van der Waals surface area contributed by atoms with Crippen molar-refractivity contribution in [2.45, 2.75) is 13.1 Å². The van der Waals surface area contributed by atoms with Crippen LogP contribution in [0.1, 0.15) is 6.92 Å². The highest BCUT2D eigenvalue weighted by Gasteiger charge is 2.04. The Balaban J connectivity index is 1.99.